The smallest absolute Gasteiger partial charge is 0.306 e. The number of ether oxygens (including phenoxy) is 1. The number of aliphatic imine (C=N–C) groups is 1. The van der Waals surface area contributed by atoms with Gasteiger partial charge in [-0.15, -0.1) is 0 Å². The molecule has 2 aromatic rings. The SMILES string of the molecule is C/C(O)=C(\CCOc1ccc2c(c1)CC[C@@H]2C(C)C(=O)O)N=Cc1ccccc1. The van der Waals surface area contributed by atoms with Gasteiger partial charge in [-0.05, 0) is 54.5 Å². The first-order valence-corrected chi connectivity index (χ1v) is 9.92. The third-order valence-electron chi connectivity index (χ3n) is 5.43. The van der Waals surface area contributed by atoms with Crippen molar-refractivity contribution in [3.8, 4) is 5.75 Å². The van der Waals surface area contributed by atoms with Gasteiger partial charge in [0, 0.05) is 12.6 Å². The van der Waals surface area contributed by atoms with E-state index >= 15 is 0 Å². The monoisotopic (exact) mass is 393 g/mol. The summed E-state index contributed by atoms with van der Waals surface area (Å²) in [6, 6.07) is 15.6. The van der Waals surface area contributed by atoms with Crippen molar-refractivity contribution in [2.24, 2.45) is 10.9 Å². The third kappa shape index (κ3) is 5.25. The van der Waals surface area contributed by atoms with Gasteiger partial charge in [-0.3, -0.25) is 9.79 Å². The Balaban J connectivity index is 1.59. The van der Waals surface area contributed by atoms with Crippen LogP contribution in [0.15, 0.2) is 65.0 Å². The normalized spacial score (nSPS) is 17.7. The first kappa shape index (κ1) is 20.6. The first-order chi connectivity index (χ1) is 14.0. The van der Waals surface area contributed by atoms with E-state index in [1.165, 1.54) is 0 Å². The van der Waals surface area contributed by atoms with E-state index in [0.29, 0.717) is 18.7 Å². The number of aliphatic carboxylic acids is 1. The van der Waals surface area contributed by atoms with Crippen molar-refractivity contribution in [1.82, 2.24) is 0 Å². The molecule has 0 saturated heterocycles. The maximum Gasteiger partial charge on any atom is 0.306 e. The summed E-state index contributed by atoms with van der Waals surface area (Å²) >= 11 is 0. The molecule has 152 valence electrons. The van der Waals surface area contributed by atoms with Crippen LogP contribution < -0.4 is 4.74 Å². The predicted molar refractivity (Wildman–Crippen MR) is 114 cm³/mol. The van der Waals surface area contributed by atoms with Crippen molar-refractivity contribution < 1.29 is 19.7 Å². The number of aryl methyl sites for hydroxylation is 1. The molecular weight excluding hydrogens is 366 g/mol. The van der Waals surface area contributed by atoms with E-state index in [9.17, 15) is 15.0 Å². The molecule has 0 spiro atoms. The number of hydrogen-bond donors (Lipinski definition) is 2. The molecule has 2 aromatic carbocycles. The molecule has 2 N–H and O–H groups in total. The molecule has 5 nitrogen and oxygen atoms in total. The lowest BCUT2D eigenvalue weighted by molar-refractivity contribution is -0.141. The van der Waals surface area contributed by atoms with E-state index < -0.39 is 5.97 Å². The maximum atomic E-state index is 11.3. The van der Waals surface area contributed by atoms with Crippen LogP contribution in [0.4, 0.5) is 0 Å². The molecular formula is C24H27NO4. The van der Waals surface area contributed by atoms with Crippen molar-refractivity contribution in [3.05, 3.63) is 76.7 Å². The molecule has 0 saturated carbocycles. The molecule has 3 rings (SSSR count). The number of carbonyl (C=O) groups is 1. The molecule has 1 unspecified atom stereocenters. The Bertz CT molecular complexity index is 914. The van der Waals surface area contributed by atoms with Gasteiger partial charge < -0.3 is 14.9 Å². The molecule has 5 heteroatoms. The topological polar surface area (TPSA) is 79.1 Å². The number of carboxylic acids is 1. The zero-order chi connectivity index (χ0) is 20.8. The molecule has 0 bridgehead atoms. The van der Waals surface area contributed by atoms with Crippen LogP contribution in [-0.2, 0) is 11.2 Å². The fourth-order valence-corrected chi connectivity index (χ4v) is 3.70. The summed E-state index contributed by atoms with van der Waals surface area (Å²) in [6.07, 6.45) is 3.95. The summed E-state index contributed by atoms with van der Waals surface area (Å²) < 4.78 is 5.87. The second kappa shape index (κ2) is 9.41. The van der Waals surface area contributed by atoms with Crippen LogP contribution in [0.5, 0.6) is 5.75 Å². The number of carboxylic acid groups (broad SMARTS) is 1. The molecule has 0 aromatic heterocycles. The van der Waals surface area contributed by atoms with Crippen molar-refractivity contribution in [1.29, 1.82) is 0 Å². The zero-order valence-electron chi connectivity index (χ0n) is 16.8. The molecule has 1 aliphatic rings. The van der Waals surface area contributed by atoms with Crippen LogP contribution in [-0.4, -0.2) is 29.0 Å². The van der Waals surface area contributed by atoms with Crippen LogP contribution >= 0.6 is 0 Å². The third-order valence-corrected chi connectivity index (χ3v) is 5.43. The average Bonchev–Trinajstić information content (AvgIpc) is 3.13. The Labute approximate surface area is 171 Å². The highest BCUT2D eigenvalue weighted by Crippen LogP contribution is 2.39. The lowest BCUT2D eigenvalue weighted by Crippen LogP contribution is -2.17. The highest BCUT2D eigenvalue weighted by atomic mass is 16.5. The number of hydrogen-bond acceptors (Lipinski definition) is 4. The van der Waals surface area contributed by atoms with Gasteiger partial charge in [-0.1, -0.05) is 43.3 Å². The standard InChI is InChI=1S/C24H27NO4/c1-16(24(27)28)21-10-8-19-14-20(9-11-22(19)21)29-13-12-23(17(2)26)25-15-18-6-4-3-5-7-18/h3-7,9,11,14-16,21,26H,8,10,12-13H2,1-2H3,(H,27,28)/b23-17-,25-15?/t16?,21-/m1/s1. The summed E-state index contributed by atoms with van der Waals surface area (Å²) in [5.74, 6) is -0.131. The lowest BCUT2D eigenvalue weighted by Gasteiger charge is -2.16. The largest absolute Gasteiger partial charge is 0.511 e. The van der Waals surface area contributed by atoms with E-state index in [4.69, 9.17) is 4.74 Å². The molecule has 0 amide bonds. The van der Waals surface area contributed by atoms with Gasteiger partial charge in [0.25, 0.3) is 0 Å². The minimum atomic E-state index is -0.752. The van der Waals surface area contributed by atoms with Crippen LogP contribution in [0.25, 0.3) is 0 Å². The first-order valence-electron chi connectivity index (χ1n) is 9.92. The predicted octanol–water partition coefficient (Wildman–Crippen LogP) is 5.11. The van der Waals surface area contributed by atoms with Gasteiger partial charge in [-0.2, -0.15) is 0 Å². The quantitative estimate of drug-likeness (QED) is 0.482. The van der Waals surface area contributed by atoms with Crippen LogP contribution in [0.3, 0.4) is 0 Å². The van der Waals surface area contributed by atoms with Crippen LogP contribution in [0.2, 0.25) is 0 Å². The molecule has 0 aliphatic heterocycles. The Kier molecular flexibility index (Phi) is 6.70. The number of rotatable bonds is 8. The Morgan fingerprint density at radius 3 is 2.69 bits per heavy atom. The second-order valence-electron chi connectivity index (χ2n) is 7.43. The van der Waals surface area contributed by atoms with Gasteiger partial charge >= 0.3 is 5.97 Å². The summed E-state index contributed by atoms with van der Waals surface area (Å²) in [4.78, 5) is 15.7. The fraction of sp³-hybridized carbons (Fsp3) is 0.333. The van der Waals surface area contributed by atoms with Gasteiger partial charge in [0.05, 0.1) is 18.2 Å². The zero-order valence-corrected chi connectivity index (χ0v) is 16.8. The van der Waals surface area contributed by atoms with Crippen molar-refractivity contribution >= 4 is 12.2 Å². The van der Waals surface area contributed by atoms with E-state index in [1.807, 2.05) is 48.5 Å². The highest BCUT2D eigenvalue weighted by molar-refractivity contribution is 5.80. The molecule has 0 heterocycles. The summed E-state index contributed by atoms with van der Waals surface area (Å²) in [5.41, 5.74) is 3.84. The Morgan fingerprint density at radius 2 is 2.00 bits per heavy atom. The van der Waals surface area contributed by atoms with Crippen molar-refractivity contribution in [2.45, 2.75) is 39.0 Å². The number of aliphatic hydroxyl groups is 1. The van der Waals surface area contributed by atoms with E-state index in [-0.39, 0.29) is 17.6 Å². The Hall–Kier alpha value is -3.08. The molecule has 0 fully saturated rings. The van der Waals surface area contributed by atoms with Crippen LogP contribution in [0.1, 0.15) is 49.3 Å². The van der Waals surface area contributed by atoms with E-state index in [0.717, 1.165) is 35.3 Å². The number of aliphatic hydroxyl groups excluding tert-OH is 1. The van der Waals surface area contributed by atoms with E-state index in [2.05, 4.69) is 4.99 Å². The minimum Gasteiger partial charge on any atom is -0.511 e. The van der Waals surface area contributed by atoms with Gasteiger partial charge in [0.1, 0.15) is 11.5 Å². The summed E-state index contributed by atoms with van der Waals surface area (Å²) in [7, 11) is 0. The summed E-state index contributed by atoms with van der Waals surface area (Å²) in [6.45, 7) is 3.79. The van der Waals surface area contributed by atoms with Gasteiger partial charge in [0.2, 0.25) is 0 Å². The van der Waals surface area contributed by atoms with Gasteiger partial charge in [0.15, 0.2) is 0 Å². The molecule has 29 heavy (non-hydrogen) atoms. The molecule has 1 aliphatic carbocycles. The number of benzene rings is 2. The Morgan fingerprint density at radius 1 is 1.24 bits per heavy atom. The number of allylic oxidation sites excluding steroid dienone is 1. The lowest BCUT2D eigenvalue weighted by atomic mass is 9.89. The number of nitrogens with zero attached hydrogens (tertiary/aromatic N) is 1. The molecule has 2 atom stereocenters. The van der Waals surface area contributed by atoms with Crippen molar-refractivity contribution in [3.63, 3.8) is 0 Å². The van der Waals surface area contributed by atoms with E-state index in [1.54, 1.807) is 20.1 Å². The fourth-order valence-electron chi connectivity index (χ4n) is 3.70. The minimum absolute atomic E-state index is 0.0652. The van der Waals surface area contributed by atoms with Crippen LogP contribution in [0, 0.1) is 5.92 Å². The highest BCUT2D eigenvalue weighted by Gasteiger charge is 2.31. The summed E-state index contributed by atoms with van der Waals surface area (Å²) in [5, 5.41) is 19.2. The second-order valence-corrected chi connectivity index (χ2v) is 7.43. The maximum absolute atomic E-state index is 11.3. The number of fused-ring (bicyclic) bond motifs is 1. The van der Waals surface area contributed by atoms with Gasteiger partial charge in [-0.25, -0.2) is 0 Å². The average molecular weight is 393 g/mol. The van der Waals surface area contributed by atoms with Crippen molar-refractivity contribution in [2.75, 3.05) is 6.61 Å². The molecule has 0 radical (unpaired) electrons.